The second-order valence-corrected chi connectivity index (χ2v) is 4.99. The Morgan fingerprint density at radius 1 is 1.43 bits per heavy atom. The molecule has 0 aliphatic carbocycles. The Balaban J connectivity index is 2.69. The van der Waals surface area contributed by atoms with E-state index < -0.39 is 4.92 Å². The molecule has 21 heavy (non-hydrogen) atoms. The maximum atomic E-state index is 11.7. The van der Waals surface area contributed by atoms with Gasteiger partial charge in [0.15, 0.2) is 12.9 Å². The SMILES string of the molecule is CC(C)[C@@H](C)NC(=O)COc1ccc([N+](=O)[O-])cc1C=O. The number of hydrogen-bond donors (Lipinski definition) is 1. The Labute approximate surface area is 122 Å². The highest BCUT2D eigenvalue weighted by Gasteiger charge is 2.14. The number of nitrogens with zero attached hydrogens (tertiary/aromatic N) is 1. The van der Waals surface area contributed by atoms with Gasteiger partial charge in [0, 0.05) is 18.2 Å². The van der Waals surface area contributed by atoms with Crippen LogP contribution in [0.4, 0.5) is 5.69 Å². The molecule has 1 aromatic rings. The first-order chi connectivity index (χ1) is 9.85. The number of hydrogen-bond acceptors (Lipinski definition) is 5. The second-order valence-electron chi connectivity index (χ2n) is 4.99. The molecule has 0 spiro atoms. The summed E-state index contributed by atoms with van der Waals surface area (Å²) in [7, 11) is 0. The lowest BCUT2D eigenvalue weighted by Gasteiger charge is -2.17. The summed E-state index contributed by atoms with van der Waals surface area (Å²) >= 11 is 0. The van der Waals surface area contributed by atoms with Crippen LogP contribution >= 0.6 is 0 Å². The Hall–Kier alpha value is -2.44. The summed E-state index contributed by atoms with van der Waals surface area (Å²) in [5.41, 5.74) is -0.170. The topological polar surface area (TPSA) is 98.5 Å². The number of amides is 1. The van der Waals surface area contributed by atoms with Gasteiger partial charge in [-0.1, -0.05) is 13.8 Å². The number of nitro groups is 1. The molecule has 0 heterocycles. The van der Waals surface area contributed by atoms with Gasteiger partial charge >= 0.3 is 0 Å². The predicted octanol–water partition coefficient (Wildman–Crippen LogP) is 1.95. The average molecular weight is 294 g/mol. The van der Waals surface area contributed by atoms with Gasteiger partial charge in [-0.15, -0.1) is 0 Å². The van der Waals surface area contributed by atoms with Crippen LogP contribution in [0, 0.1) is 16.0 Å². The molecule has 114 valence electrons. The zero-order valence-corrected chi connectivity index (χ0v) is 12.2. The number of rotatable bonds is 7. The minimum Gasteiger partial charge on any atom is -0.483 e. The van der Waals surface area contributed by atoms with Crippen molar-refractivity contribution in [3.63, 3.8) is 0 Å². The van der Waals surface area contributed by atoms with Gasteiger partial charge in [-0.05, 0) is 18.9 Å². The van der Waals surface area contributed by atoms with Crippen LogP contribution in [0.2, 0.25) is 0 Å². The fraction of sp³-hybridized carbons (Fsp3) is 0.429. The van der Waals surface area contributed by atoms with Crippen molar-refractivity contribution in [2.45, 2.75) is 26.8 Å². The average Bonchev–Trinajstić information content (AvgIpc) is 2.44. The van der Waals surface area contributed by atoms with Crippen LogP contribution in [0.3, 0.4) is 0 Å². The fourth-order valence-electron chi connectivity index (χ4n) is 1.48. The molecule has 7 nitrogen and oxygen atoms in total. The summed E-state index contributed by atoms with van der Waals surface area (Å²) in [5.74, 6) is 0.119. The molecule has 1 rings (SSSR count). The van der Waals surface area contributed by atoms with E-state index in [1.54, 1.807) is 0 Å². The van der Waals surface area contributed by atoms with Crippen molar-refractivity contribution in [1.82, 2.24) is 5.32 Å². The molecule has 1 N–H and O–H groups in total. The van der Waals surface area contributed by atoms with Gasteiger partial charge in [0.1, 0.15) is 5.75 Å². The second kappa shape index (κ2) is 7.37. The molecule has 0 saturated heterocycles. The molecule has 1 atom stereocenters. The van der Waals surface area contributed by atoms with Gasteiger partial charge in [0.25, 0.3) is 11.6 Å². The first kappa shape index (κ1) is 16.6. The van der Waals surface area contributed by atoms with Crippen LogP contribution in [-0.2, 0) is 4.79 Å². The molecule has 1 aromatic carbocycles. The van der Waals surface area contributed by atoms with Crippen LogP contribution in [0.25, 0.3) is 0 Å². The van der Waals surface area contributed by atoms with Gasteiger partial charge in [-0.2, -0.15) is 0 Å². The van der Waals surface area contributed by atoms with E-state index in [1.165, 1.54) is 12.1 Å². The van der Waals surface area contributed by atoms with Gasteiger partial charge in [-0.25, -0.2) is 0 Å². The van der Waals surface area contributed by atoms with E-state index >= 15 is 0 Å². The van der Waals surface area contributed by atoms with Gasteiger partial charge in [0.2, 0.25) is 0 Å². The van der Waals surface area contributed by atoms with E-state index in [0.717, 1.165) is 6.07 Å². The molecular weight excluding hydrogens is 276 g/mol. The van der Waals surface area contributed by atoms with Crippen LogP contribution < -0.4 is 10.1 Å². The monoisotopic (exact) mass is 294 g/mol. The maximum absolute atomic E-state index is 11.7. The number of benzene rings is 1. The van der Waals surface area contributed by atoms with E-state index in [0.29, 0.717) is 12.2 Å². The van der Waals surface area contributed by atoms with E-state index in [9.17, 15) is 19.7 Å². The smallest absolute Gasteiger partial charge is 0.270 e. The molecule has 0 bridgehead atoms. The summed E-state index contributed by atoms with van der Waals surface area (Å²) < 4.78 is 5.24. The summed E-state index contributed by atoms with van der Waals surface area (Å²) in [6, 6.07) is 3.64. The standard InChI is InChI=1S/C14H18N2O5/c1-9(2)10(3)15-14(18)8-21-13-5-4-12(16(19)20)6-11(13)7-17/h4-7,9-10H,8H2,1-3H3,(H,15,18)/t10-/m1/s1. The number of nitro benzene ring substituents is 1. The highest BCUT2D eigenvalue weighted by molar-refractivity contribution is 5.82. The number of carbonyl (C=O) groups is 2. The molecule has 0 unspecified atom stereocenters. The predicted molar refractivity (Wildman–Crippen MR) is 76.4 cm³/mol. The van der Waals surface area contributed by atoms with E-state index in [4.69, 9.17) is 4.74 Å². The lowest BCUT2D eigenvalue weighted by Crippen LogP contribution is -2.39. The number of aldehydes is 1. The molecular formula is C14H18N2O5. The number of carbonyl (C=O) groups excluding carboxylic acids is 2. The lowest BCUT2D eigenvalue weighted by molar-refractivity contribution is -0.384. The van der Waals surface area contributed by atoms with E-state index in [-0.39, 0.29) is 35.6 Å². The zero-order chi connectivity index (χ0) is 16.0. The molecule has 0 saturated carbocycles. The molecule has 7 heteroatoms. The molecule has 0 radical (unpaired) electrons. The van der Waals surface area contributed by atoms with Crippen molar-refractivity contribution in [2.75, 3.05) is 6.61 Å². The Kier molecular flexibility index (Phi) is 5.83. The minimum absolute atomic E-state index is 0.00324. The van der Waals surface area contributed by atoms with Crippen LogP contribution in [0.1, 0.15) is 31.1 Å². The molecule has 0 aliphatic heterocycles. The maximum Gasteiger partial charge on any atom is 0.270 e. The summed E-state index contributed by atoms with van der Waals surface area (Å²) in [6.07, 6.45) is 0.455. The van der Waals surface area contributed by atoms with Crippen molar-refractivity contribution >= 4 is 17.9 Å². The zero-order valence-electron chi connectivity index (χ0n) is 12.2. The highest BCUT2D eigenvalue weighted by Crippen LogP contribution is 2.22. The third-order valence-electron chi connectivity index (χ3n) is 3.08. The van der Waals surface area contributed by atoms with E-state index in [1.807, 2.05) is 20.8 Å². The third kappa shape index (κ3) is 4.87. The fourth-order valence-corrected chi connectivity index (χ4v) is 1.48. The van der Waals surface area contributed by atoms with Crippen molar-refractivity contribution in [1.29, 1.82) is 0 Å². The van der Waals surface area contributed by atoms with Crippen LogP contribution in [0.5, 0.6) is 5.75 Å². The summed E-state index contributed by atoms with van der Waals surface area (Å²) in [5, 5.41) is 13.4. The molecule has 0 aliphatic rings. The number of non-ortho nitro benzene ring substituents is 1. The van der Waals surface area contributed by atoms with Gasteiger partial charge < -0.3 is 10.1 Å². The third-order valence-corrected chi connectivity index (χ3v) is 3.08. The molecule has 0 aromatic heterocycles. The largest absolute Gasteiger partial charge is 0.483 e. The van der Waals surface area contributed by atoms with Crippen molar-refractivity contribution in [3.8, 4) is 5.75 Å². The Bertz CT molecular complexity index is 542. The quantitative estimate of drug-likeness (QED) is 0.471. The van der Waals surface area contributed by atoms with Crippen molar-refractivity contribution in [2.24, 2.45) is 5.92 Å². The molecule has 0 fully saturated rings. The normalized spacial score (nSPS) is 11.8. The highest BCUT2D eigenvalue weighted by atomic mass is 16.6. The number of nitrogens with one attached hydrogen (secondary N) is 1. The lowest BCUT2D eigenvalue weighted by atomic mass is 10.1. The van der Waals surface area contributed by atoms with Gasteiger partial charge in [-0.3, -0.25) is 19.7 Å². The molecule has 1 amide bonds. The summed E-state index contributed by atoms with van der Waals surface area (Å²) in [6.45, 7) is 5.58. The summed E-state index contributed by atoms with van der Waals surface area (Å²) in [4.78, 5) is 32.6. The van der Waals surface area contributed by atoms with Crippen molar-refractivity contribution < 1.29 is 19.2 Å². The Morgan fingerprint density at radius 3 is 2.62 bits per heavy atom. The first-order valence-corrected chi connectivity index (χ1v) is 6.51. The van der Waals surface area contributed by atoms with Crippen molar-refractivity contribution in [3.05, 3.63) is 33.9 Å². The first-order valence-electron chi connectivity index (χ1n) is 6.51. The van der Waals surface area contributed by atoms with Gasteiger partial charge in [0.05, 0.1) is 10.5 Å². The Morgan fingerprint density at radius 2 is 2.10 bits per heavy atom. The number of ether oxygens (including phenoxy) is 1. The van der Waals surface area contributed by atoms with Crippen LogP contribution in [0.15, 0.2) is 18.2 Å². The minimum atomic E-state index is -0.603. The van der Waals surface area contributed by atoms with E-state index in [2.05, 4.69) is 5.32 Å². The van der Waals surface area contributed by atoms with Crippen LogP contribution in [-0.4, -0.2) is 29.8 Å².